The van der Waals surface area contributed by atoms with Gasteiger partial charge in [-0.25, -0.2) is 0 Å². The second-order valence-corrected chi connectivity index (χ2v) is 11.1. The lowest BCUT2D eigenvalue weighted by Crippen LogP contribution is -2.77. The predicted octanol–water partition coefficient (Wildman–Crippen LogP) is 0.797. The van der Waals surface area contributed by atoms with Crippen molar-refractivity contribution in [2.24, 2.45) is 29.4 Å². The van der Waals surface area contributed by atoms with Crippen LogP contribution in [0.2, 0.25) is 0 Å². The number of likely N-dealkylation sites (N-methyl/N-ethyl adjacent to an activating group) is 1. The minimum atomic E-state index is -3.09. The minimum Gasteiger partial charge on any atom is -0.507 e. The van der Waals surface area contributed by atoms with Gasteiger partial charge in [0.1, 0.15) is 11.9 Å². The molecule has 2 unspecified atom stereocenters. The normalized spacial score (nSPS) is 31.4. The third kappa shape index (κ3) is 4.11. The maximum absolute atomic E-state index is 14.4. The number of hydrogen-bond donors (Lipinski definition) is 3. The van der Waals surface area contributed by atoms with Crippen molar-refractivity contribution in [1.82, 2.24) is 4.90 Å². The van der Waals surface area contributed by atoms with E-state index in [0.29, 0.717) is 11.1 Å². The monoisotopic (exact) mass is 574 g/mol. The zero-order valence-electron chi connectivity index (χ0n) is 23.1. The Morgan fingerprint density at radius 3 is 2.29 bits per heavy atom. The first-order valence-corrected chi connectivity index (χ1v) is 13.5. The molecule has 4 N–H and O–H groups in total. The fraction of sp³-hybridized carbons (Fsp3) is 0.355. The van der Waals surface area contributed by atoms with Gasteiger partial charge in [0.25, 0.3) is 0 Å². The third-order valence-corrected chi connectivity index (χ3v) is 8.52. The topological polar surface area (TPSA) is 181 Å². The largest absolute Gasteiger partial charge is 0.507 e. The van der Waals surface area contributed by atoms with E-state index in [-0.39, 0.29) is 17.5 Å². The van der Waals surface area contributed by atoms with Gasteiger partial charge in [0.15, 0.2) is 34.7 Å². The molecule has 11 nitrogen and oxygen atoms in total. The Bertz CT molecular complexity index is 1560. The molecule has 0 saturated heterocycles. The van der Waals surface area contributed by atoms with E-state index in [2.05, 4.69) is 0 Å². The van der Waals surface area contributed by atoms with E-state index in [4.69, 9.17) is 10.5 Å². The number of aliphatic hydroxyl groups is 1. The second kappa shape index (κ2) is 10.4. The first-order valence-electron chi connectivity index (χ1n) is 13.5. The van der Waals surface area contributed by atoms with Gasteiger partial charge in [0, 0.05) is 12.3 Å². The molecule has 0 aromatic heterocycles. The van der Waals surface area contributed by atoms with Crippen LogP contribution in [0.1, 0.15) is 34.8 Å². The number of carbonyl (C=O) groups is 6. The summed E-state index contributed by atoms with van der Waals surface area (Å²) in [4.78, 5) is 82.3. The van der Waals surface area contributed by atoms with Crippen LogP contribution in [-0.2, 0) is 28.7 Å². The number of phenols is 1. The summed E-state index contributed by atoms with van der Waals surface area (Å²) < 4.78 is 5.87. The molecule has 3 aliphatic carbocycles. The van der Waals surface area contributed by atoms with Crippen LogP contribution in [0.15, 0.2) is 48.5 Å². The quantitative estimate of drug-likeness (QED) is 0.341. The number of ether oxygens (including phenoxy) is 1. The molecule has 3 aliphatic rings. The molecule has 7 atom stereocenters. The molecule has 2 aromatic carbocycles. The van der Waals surface area contributed by atoms with Gasteiger partial charge in [0.2, 0.25) is 5.91 Å². The first-order chi connectivity index (χ1) is 19.9. The van der Waals surface area contributed by atoms with Crippen molar-refractivity contribution < 1.29 is 43.7 Å². The number of Topliss-reactive ketones (excluding diaryl/α,β-unsaturated/α-hetero) is 4. The lowest BCUT2D eigenvalue weighted by atomic mass is 9.50. The number of benzene rings is 2. The second-order valence-electron chi connectivity index (χ2n) is 11.1. The molecule has 11 heteroatoms. The molecule has 0 heterocycles. The molecule has 2 aromatic rings. The molecule has 0 spiro atoms. The van der Waals surface area contributed by atoms with Gasteiger partial charge in [-0.3, -0.25) is 33.7 Å². The summed E-state index contributed by atoms with van der Waals surface area (Å²) in [6.07, 6.45) is -0.00125. The number of nitrogens with two attached hydrogens (primary N) is 1. The smallest absolute Gasteiger partial charge is 0.305 e. The van der Waals surface area contributed by atoms with Crippen LogP contribution < -0.4 is 5.73 Å². The number of rotatable bonds is 5. The molecule has 5 rings (SSSR count). The number of carbonyl (C=O) groups excluding carboxylic acids is 6. The van der Waals surface area contributed by atoms with E-state index in [1.54, 1.807) is 42.5 Å². The first kappa shape index (κ1) is 29.0. The van der Waals surface area contributed by atoms with Crippen molar-refractivity contribution in [2.75, 3.05) is 14.1 Å². The Labute approximate surface area is 240 Å². The number of aromatic hydroxyl groups is 1. The molecular formula is C31H30N2O9. The number of phenolic OH excluding ortho intramolecular Hbond substituents is 1. The zero-order chi connectivity index (χ0) is 30.7. The summed E-state index contributed by atoms with van der Waals surface area (Å²) in [6.45, 7) is 1.52. The van der Waals surface area contributed by atoms with Crippen LogP contribution in [-0.4, -0.2) is 82.0 Å². The minimum absolute atomic E-state index is 0.130. The van der Waals surface area contributed by atoms with Gasteiger partial charge >= 0.3 is 5.97 Å². The third-order valence-electron chi connectivity index (χ3n) is 8.52. The van der Waals surface area contributed by atoms with Crippen LogP contribution in [0.5, 0.6) is 5.75 Å². The zero-order valence-corrected chi connectivity index (χ0v) is 23.1. The number of amides is 1. The Morgan fingerprint density at radius 2 is 1.69 bits per heavy atom. The summed E-state index contributed by atoms with van der Waals surface area (Å²) in [5, 5.41) is 22.8. The highest BCUT2D eigenvalue weighted by Gasteiger charge is 2.73. The number of esters is 1. The molecule has 1 amide bonds. The predicted molar refractivity (Wildman–Crippen MR) is 148 cm³/mol. The van der Waals surface area contributed by atoms with E-state index >= 15 is 0 Å². The standard InChI is InChI=1S/C31H30N2O9/c1-4-18(35)42-27-20-16(13-14-9-6-5-7-10-14)15-11-8-12-17(34)19(15)25(36)21(20)28(38)31(41)23(27)24(33(2)3)26(37)22(29(31)39)30(32)40/h5-13,20-24,27,34,41H,4H2,1-3H3,(H2,32,40)/t20-,21?,22?,23-,24+,27+,31+/m0/s1. The summed E-state index contributed by atoms with van der Waals surface area (Å²) >= 11 is 0. The van der Waals surface area contributed by atoms with Crippen LogP contribution in [0.4, 0.5) is 0 Å². The Morgan fingerprint density at radius 1 is 1.02 bits per heavy atom. The number of hydrogen-bond acceptors (Lipinski definition) is 10. The van der Waals surface area contributed by atoms with Crippen molar-refractivity contribution >= 4 is 46.7 Å². The van der Waals surface area contributed by atoms with Crippen LogP contribution in [0.25, 0.3) is 11.6 Å². The van der Waals surface area contributed by atoms with Crippen LogP contribution in [0.3, 0.4) is 0 Å². The highest BCUT2D eigenvalue weighted by atomic mass is 16.5. The summed E-state index contributed by atoms with van der Waals surface area (Å²) in [7, 11) is 2.90. The fourth-order valence-electron chi connectivity index (χ4n) is 6.75. The lowest BCUT2D eigenvalue weighted by Gasteiger charge is -2.55. The maximum atomic E-state index is 14.4. The Kier molecular flexibility index (Phi) is 7.20. The van der Waals surface area contributed by atoms with Gasteiger partial charge in [0.05, 0.1) is 23.4 Å². The number of nitrogens with zero attached hydrogens (tertiary/aromatic N) is 1. The molecule has 2 fully saturated rings. The van der Waals surface area contributed by atoms with Crippen molar-refractivity contribution in [1.29, 1.82) is 0 Å². The van der Waals surface area contributed by atoms with Crippen molar-refractivity contribution in [3.8, 4) is 5.75 Å². The van der Waals surface area contributed by atoms with Gasteiger partial charge in [-0.2, -0.15) is 0 Å². The van der Waals surface area contributed by atoms with Gasteiger partial charge < -0.3 is 20.7 Å². The average molecular weight is 575 g/mol. The van der Waals surface area contributed by atoms with Crippen LogP contribution >= 0.6 is 0 Å². The maximum Gasteiger partial charge on any atom is 0.305 e. The summed E-state index contributed by atoms with van der Waals surface area (Å²) in [5.74, 6) is -14.0. The Balaban J connectivity index is 1.86. The summed E-state index contributed by atoms with van der Waals surface area (Å²) in [5.41, 5.74) is 3.37. The van der Waals surface area contributed by atoms with E-state index in [1.807, 2.05) is 0 Å². The summed E-state index contributed by atoms with van der Waals surface area (Å²) in [6, 6.07) is 11.8. The van der Waals surface area contributed by atoms with E-state index in [1.165, 1.54) is 38.1 Å². The number of primary amides is 1. The SMILES string of the molecule is CCC(=O)O[C@H]1[C@@H]2[C@@H](N(C)C)C(=O)C(C(N)=O)C(=O)[C@]2(O)C(=O)C2C(=O)c3c(O)cccc3C(=Cc3ccccc3)[C@@H]21. The highest BCUT2D eigenvalue weighted by Crippen LogP contribution is 2.55. The van der Waals surface area contributed by atoms with Gasteiger partial charge in [-0.1, -0.05) is 55.5 Å². The molecule has 0 aliphatic heterocycles. The highest BCUT2D eigenvalue weighted by molar-refractivity contribution is 6.33. The molecule has 218 valence electrons. The number of ketones is 4. The van der Waals surface area contributed by atoms with E-state index < -0.39 is 82.2 Å². The van der Waals surface area contributed by atoms with Crippen molar-refractivity contribution in [2.45, 2.75) is 31.1 Å². The Hall–Kier alpha value is -4.48. The fourth-order valence-corrected chi connectivity index (χ4v) is 6.75. The molecule has 2 saturated carbocycles. The molecule has 42 heavy (non-hydrogen) atoms. The molecule has 0 bridgehead atoms. The molecular weight excluding hydrogens is 544 g/mol. The van der Waals surface area contributed by atoms with Crippen LogP contribution in [0, 0.1) is 23.7 Å². The van der Waals surface area contributed by atoms with E-state index in [9.17, 15) is 39.0 Å². The average Bonchev–Trinajstić information content (AvgIpc) is 2.94. The van der Waals surface area contributed by atoms with Gasteiger partial charge in [-0.15, -0.1) is 0 Å². The lowest BCUT2D eigenvalue weighted by molar-refractivity contribution is -0.201. The van der Waals surface area contributed by atoms with Crippen molar-refractivity contribution in [3.05, 3.63) is 65.2 Å². The molecule has 0 radical (unpaired) electrons. The number of fused-ring (bicyclic) bond motifs is 3. The van der Waals surface area contributed by atoms with Crippen molar-refractivity contribution in [3.63, 3.8) is 0 Å². The van der Waals surface area contributed by atoms with E-state index in [0.717, 1.165) is 0 Å². The van der Waals surface area contributed by atoms with Gasteiger partial charge in [-0.05, 0) is 36.9 Å².